The van der Waals surface area contributed by atoms with Crippen LogP contribution in [0.15, 0.2) is 10.5 Å². The summed E-state index contributed by atoms with van der Waals surface area (Å²) in [6.45, 7) is 4.17. The molecule has 130 valence electrons. The van der Waals surface area contributed by atoms with Gasteiger partial charge in [-0.05, 0) is 26.8 Å². The van der Waals surface area contributed by atoms with E-state index >= 15 is 0 Å². The number of aromatic nitrogens is 2. The van der Waals surface area contributed by atoms with Crippen molar-refractivity contribution in [3.63, 3.8) is 0 Å². The van der Waals surface area contributed by atoms with Crippen LogP contribution in [0.2, 0.25) is 0 Å². The van der Waals surface area contributed by atoms with Gasteiger partial charge < -0.3 is 14.8 Å². The van der Waals surface area contributed by atoms with Crippen molar-refractivity contribution in [2.45, 2.75) is 40.3 Å². The Labute approximate surface area is 136 Å². The van der Waals surface area contributed by atoms with E-state index in [2.05, 4.69) is 10.4 Å². The molecule has 0 aliphatic rings. The number of furan rings is 1. The highest BCUT2D eigenvalue weighted by Crippen LogP contribution is 2.17. The predicted octanol–water partition coefficient (Wildman–Crippen LogP) is 2.29. The maximum absolute atomic E-state index is 12.5. The molecule has 2 aromatic heterocycles. The standard InChI is InChI=1S/C15H17F2N3O4/c1-7-13(8(2)20(19-7)6-12(16)17)14(21)18-5-10-4-11(15(22)23)24-9(10)3/h4,12H,5-6H2,1-3H3,(H,18,21)(H,22,23). The van der Waals surface area contributed by atoms with Gasteiger partial charge in [-0.25, -0.2) is 13.6 Å². The van der Waals surface area contributed by atoms with Gasteiger partial charge in [-0.1, -0.05) is 0 Å². The number of carboxylic acids is 1. The molecule has 0 spiro atoms. The molecular weight excluding hydrogens is 324 g/mol. The van der Waals surface area contributed by atoms with Crippen molar-refractivity contribution in [3.8, 4) is 0 Å². The molecule has 2 rings (SSSR count). The first-order valence-corrected chi connectivity index (χ1v) is 7.13. The molecule has 1 amide bonds. The molecule has 0 saturated carbocycles. The quantitative estimate of drug-likeness (QED) is 0.840. The van der Waals surface area contributed by atoms with E-state index in [0.29, 0.717) is 22.7 Å². The lowest BCUT2D eigenvalue weighted by molar-refractivity contribution is 0.0660. The highest BCUT2D eigenvalue weighted by Gasteiger charge is 2.21. The molecular formula is C15H17F2N3O4. The number of amides is 1. The molecule has 0 radical (unpaired) electrons. The molecule has 0 fully saturated rings. The van der Waals surface area contributed by atoms with Gasteiger partial charge in [-0.2, -0.15) is 5.10 Å². The number of alkyl halides is 2. The van der Waals surface area contributed by atoms with Crippen LogP contribution in [0.25, 0.3) is 0 Å². The number of nitrogens with zero attached hydrogens (tertiary/aromatic N) is 2. The smallest absolute Gasteiger partial charge is 0.371 e. The van der Waals surface area contributed by atoms with Gasteiger partial charge in [0.05, 0.1) is 11.3 Å². The molecule has 0 unspecified atom stereocenters. The van der Waals surface area contributed by atoms with Crippen molar-refractivity contribution in [1.29, 1.82) is 0 Å². The monoisotopic (exact) mass is 341 g/mol. The molecule has 2 heterocycles. The summed E-state index contributed by atoms with van der Waals surface area (Å²) in [5, 5.41) is 15.4. The highest BCUT2D eigenvalue weighted by atomic mass is 19.3. The molecule has 0 bridgehead atoms. The third kappa shape index (κ3) is 3.61. The number of hydrogen-bond donors (Lipinski definition) is 2. The minimum absolute atomic E-state index is 0.0559. The highest BCUT2D eigenvalue weighted by molar-refractivity contribution is 5.96. The molecule has 2 aromatic rings. The number of carboxylic acid groups (broad SMARTS) is 1. The van der Waals surface area contributed by atoms with Crippen LogP contribution in [0.1, 0.15) is 43.6 Å². The summed E-state index contributed by atoms with van der Waals surface area (Å²) in [6.07, 6.45) is -2.57. The summed E-state index contributed by atoms with van der Waals surface area (Å²) in [5.74, 6) is -1.50. The molecule has 9 heteroatoms. The van der Waals surface area contributed by atoms with Gasteiger partial charge in [0.15, 0.2) is 0 Å². The van der Waals surface area contributed by atoms with E-state index in [1.165, 1.54) is 6.07 Å². The van der Waals surface area contributed by atoms with Gasteiger partial charge in [0, 0.05) is 17.8 Å². The number of carbonyl (C=O) groups is 2. The minimum Gasteiger partial charge on any atom is -0.475 e. The predicted molar refractivity (Wildman–Crippen MR) is 79.3 cm³/mol. The molecule has 2 N–H and O–H groups in total. The maximum Gasteiger partial charge on any atom is 0.371 e. The van der Waals surface area contributed by atoms with Crippen LogP contribution in [0.3, 0.4) is 0 Å². The zero-order valence-corrected chi connectivity index (χ0v) is 13.4. The van der Waals surface area contributed by atoms with Crippen molar-refractivity contribution in [3.05, 3.63) is 40.1 Å². The van der Waals surface area contributed by atoms with E-state index in [0.717, 1.165) is 4.68 Å². The van der Waals surface area contributed by atoms with Crippen molar-refractivity contribution in [2.75, 3.05) is 0 Å². The Balaban J connectivity index is 2.13. The molecule has 0 aliphatic carbocycles. The normalized spacial score (nSPS) is 11.1. The number of nitrogens with one attached hydrogen (secondary N) is 1. The number of halogens is 2. The molecule has 0 saturated heterocycles. The lowest BCUT2D eigenvalue weighted by atomic mass is 10.1. The van der Waals surface area contributed by atoms with E-state index in [1.807, 2.05) is 0 Å². The molecule has 0 aliphatic heterocycles. The number of rotatable bonds is 6. The first kappa shape index (κ1) is 17.6. The van der Waals surface area contributed by atoms with Crippen molar-refractivity contribution in [2.24, 2.45) is 0 Å². The number of aryl methyl sites for hydroxylation is 2. The van der Waals surface area contributed by atoms with Gasteiger partial charge in [-0.15, -0.1) is 0 Å². The van der Waals surface area contributed by atoms with Gasteiger partial charge >= 0.3 is 5.97 Å². The van der Waals surface area contributed by atoms with Crippen LogP contribution in [0.5, 0.6) is 0 Å². The van der Waals surface area contributed by atoms with E-state index in [-0.39, 0.29) is 17.9 Å². The van der Waals surface area contributed by atoms with Gasteiger partial charge in [0.25, 0.3) is 12.3 Å². The van der Waals surface area contributed by atoms with Crippen LogP contribution in [0.4, 0.5) is 8.78 Å². The summed E-state index contributed by atoms with van der Waals surface area (Å²) in [7, 11) is 0. The van der Waals surface area contributed by atoms with Crippen LogP contribution >= 0.6 is 0 Å². The second kappa shape index (κ2) is 6.81. The Morgan fingerprint density at radius 2 is 2.04 bits per heavy atom. The summed E-state index contributed by atoms with van der Waals surface area (Å²) in [6, 6.07) is 1.33. The summed E-state index contributed by atoms with van der Waals surface area (Å²) in [4.78, 5) is 23.2. The Morgan fingerprint density at radius 3 is 2.58 bits per heavy atom. The topological polar surface area (TPSA) is 97.4 Å². The van der Waals surface area contributed by atoms with E-state index in [1.54, 1.807) is 20.8 Å². The second-order valence-corrected chi connectivity index (χ2v) is 5.30. The molecule has 24 heavy (non-hydrogen) atoms. The van der Waals surface area contributed by atoms with Crippen molar-refractivity contribution < 1.29 is 27.9 Å². The molecule has 0 atom stereocenters. The summed E-state index contributed by atoms with van der Waals surface area (Å²) >= 11 is 0. The minimum atomic E-state index is -2.57. The fourth-order valence-electron chi connectivity index (χ4n) is 2.40. The van der Waals surface area contributed by atoms with E-state index in [4.69, 9.17) is 9.52 Å². The van der Waals surface area contributed by atoms with Crippen LogP contribution < -0.4 is 5.32 Å². The van der Waals surface area contributed by atoms with Crippen LogP contribution in [-0.2, 0) is 13.1 Å². The summed E-state index contributed by atoms with van der Waals surface area (Å²) < 4.78 is 31.2. The Hall–Kier alpha value is -2.71. The fraction of sp³-hybridized carbons (Fsp3) is 0.400. The van der Waals surface area contributed by atoms with Gasteiger partial charge in [0.1, 0.15) is 12.3 Å². The Bertz CT molecular complexity index is 780. The molecule has 0 aromatic carbocycles. The Morgan fingerprint density at radius 1 is 1.38 bits per heavy atom. The van der Waals surface area contributed by atoms with Gasteiger partial charge in [0.2, 0.25) is 5.76 Å². The van der Waals surface area contributed by atoms with Gasteiger partial charge in [-0.3, -0.25) is 9.48 Å². The zero-order chi connectivity index (χ0) is 18.0. The first-order chi connectivity index (χ1) is 11.2. The van der Waals surface area contributed by atoms with Crippen molar-refractivity contribution in [1.82, 2.24) is 15.1 Å². The third-order valence-electron chi connectivity index (χ3n) is 3.59. The third-order valence-corrected chi connectivity index (χ3v) is 3.59. The van der Waals surface area contributed by atoms with E-state index < -0.39 is 24.8 Å². The Kier molecular flexibility index (Phi) is 5.01. The van der Waals surface area contributed by atoms with Crippen LogP contribution in [-0.4, -0.2) is 33.2 Å². The first-order valence-electron chi connectivity index (χ1n) is 7.13. The summed E-state index contributed by atoms with van der Waals surface area (Å²) in [5.41, 5.74) is 1.45. The lowest BCUT2D eigenvalue weighted by Crippen LogP contribution is -2.24. The van der Waals surface area contributed by atoms with Crippen molar-refractivity contribution >= 4 is 11.9 Å². The SMILES string of the molecule is Cc1nn(CC(F)F)c(C)c1C(=O)NCc1cc(C(=O)O)oc1C. The number of aromatic carboxylic acids is 1. The number of hydrogen-bond acceptors (Lipinski definition) is 4. The maximum atomic E-state index is 12.5. The lowest BCUT2D eigenvalue weighted by Gasteiger charge is -2.06. The average molecular weight is 341 g/mol. The van der Waals surface area contributed by atoms with E-state index in [9.17, 15) is 18.4 Å². The van der Waals surface area contributed by atoms with Crippen LogP contribution in [0, 0.1) is 20.8 Å². The fourth-order valence-corrected chi connectivity index (χ4v) is 2.40. The largest absolute Gasteiger partial charge is 0.475 e. The second-order valence-electron chi connectivity index (χ2n) is 5.30. The average Bonchev–Trinajstić information content (AvgIpc) is 2.97. The molecule has 7 nitrogen and oxygen atoms in total. The number of carbonyl (C=O) groups excluding carboxylic acids is 1. The zero-order valence-electron chi connectivity index (χ0n) is 13.4.